The summed E-state index contributed by atoms with van der Waals surface area (Å²) < 4.78 is 1.97. The minimum absolute atomic E-state index is 0.827. The molecule has 0 saturated heterocycles. The first-order valence-electron chi connectivity index (χ1n) is 6.05. The van der Waals surface area contributed by atoms with Gasteiger partial charge in [0.15, 0.2) is 0 Å². The van der Waals surface area contributed by atoms with Crippen LogP contribution < -0.4 is 5.32 Å². The fourth-order valence-electron chi connectivity index (χ4n) is 2.97. The number of hydrogen-bond donors (Lipinski definition) is 1. The lowest BCUT2D eigenvalue weighted by molar-refractivity contribution is 0.410. The summed E-state index contributed by atoms with van der Waals surface area (Å²) in [7, 11) is 1.98. The third-order valence-corrected chi connectivity index (χ3v) is 3.91. The molecule has 0 aromatic carbocycles. The number of rotatable bonds is 4. The summed E-state index contributed by atoms with van der Waals surface area (Å²) >= 11 is 0. The molecule has 2 aliphatic carbocycles. The van der Waals surface area contributed by atoms with Gasteiger partial charge in [-0.15, -0.1) is 10.2 Å². The Kier molecular flexibility index (Phi) is 2.52. The topological polar surface area (TPSA) is 42.7 Å². The Labute approximate surface area is 95.8 Å². The largest absolute Gasteiger partial charge is 0.320 e. The second kappa shape index (κ2) is 4.01. The molecule has 1 N–H and O–H groups in total. The second-order valence-electron chi connectivity index (χ2n) is 5.03. The molecule has 4 nitrogen and oxygen atoms in total. The zero-order valence-electron chi connectivity index (χ0n) is 9.63. The van der Waals surface area contributed by atoms with E-state index in [2.05, 4.69) is 27.7 Å². The van der Waals surface area contributed by atoms with Crippen LogP contribution in [0.25, 0.3) is 0 Å². The molecule has 1 heterocycles. The first-order valence-corrected chi connectivity index (χ1v) is 6.05. The smallest absolute Gasteiger partial charge is 0.146 e. The summed E-state index contributed by atoms with van der Waals surface area (Å²) in [5, 5.41) is 11.4. The lowest BCUT2D eigenvalue weighted by Crippen LogP contribution is -2.26. The van der Waals surface area contributed by atoms with Gasteiger partial charge in [-0.1, -0.05) is 12.2 Å². The van der Waals surface area contributed by atoms with Gasteiger partial charge < -0.3 is 9.88 Å². The molecule has 3 unspecified atom stereocenters. The van der Waals surface area contributed by atoms with Crippen LogP contribution in [0.3, 0.4) is 0 Å². The Morgan fingerprint density at radius 1 is 1.44 bits per heavy atom. The lowest BCUT2D eigenvalue weighted by Gasteiger charge is -2.18. The van der Waals surface area contributed by atoms with Gasteiger partial charge in [0, 0.05) is 7.05 Å². The van der Waals surface area contributed by atoms with Crippen molar-refractivity contribution in [3.05, 3.63) is 24.3 Å². The second-order valence-corrected chi connectivity index (χ2v) is 5.03. The van der Waals surface area contributed by atoms with E-state index < -0.39 is 0 Å². The molecule has 0 aliphatic heterocycles. The van der Waals surface area contributed by atoms with Crippen molar-refractivity contribution in [2.75, 3.05) is 6.54 Å². The number of nitrogens with zero attached hydrogens (tertiary/aromatic N) is 3. The molecule has 0 radical (unpaired) electrons. The number of aryl methyl sites for hydroxylation is 1. The van der Waals surface area contributed by atoms with Crippen LogP contribution in [0.1, 0.15) is 18.7 Å². The molecule has 16 heavy (non-hydrogen) atoms. The van der Waals surface area contributed by atoms with Crippen molar-refractivity contribution in [3.8, 4) is 0 Å². The SMILES string of the molecule is Cn1cnnc1CNCC1CC2C=CC1C2. The van der Waals surface area contributed by atoms with Crippen LogP contribution in [-0.4, -0.2) is 21.3 Å². The molecule has 3 atom stereocenters. The van der Waals surface area contributed by atoms with E-state index in [9.17, 15) is 0 Å². The summed E-state index contributed by atoms with van der Waals surface area (Å²) in [6.45, 7) is 1.94. The van der Waals surface area contributed by atoms with Crippen LogP contribution in [0, 0.1) is 17.8 Å². The Balaban J connectivity index is 1.48. The average molecular weight is 218 g/mol. The van der Waals surface area contributed by atoms with E-state index in [0.717, 1.165) is 36.7 Å². The molecule has 4 heteroatoms. The fourth-order valence-corrected chi connectivity index (χ4v) is 2.97. The number of hydrogen-bond acceptors (Lipinski definition) is 3. The first-order chi connectivity index (χ1) is 7.83. The van der Waals surface area contributed by atoms with Gasteiger partial charge >= 0.3 is 0 Å². The molecule has 1 aromatic rings. The minimum atomic E-state index is 0.827. The van der Waals surface area contributed by atoms with Crippen molar-refractivity contribution in [1.29, 1.82) is 0 Å². The van der Waals surface area contributed by atoms with Crippen molar-refractivity contribution in [1.82, 2.24) is 20.1 Å². The summed E-state index contributed by atoms with van der Waals surface area (Å²) in [6.07, 6.45) is 9.30. The number of aromatic nitrogens is 3. The highest BCUT2D eigenvalue weighted by atomic mass is 15.3. The maximum Gasteiger partial charge on any atom is 0.146 e. The molecule has 1 fully saturated rings. The average Bonchev–Trinajstić information content (AvgIpc) is 2.96. The van der Waals surface area contributed by atoms with E-state index in [0.29, 0.717) is 0 Å². The quantitative estimate of drug-likeness (QED) is 0.770. The van der Waals surface area contributed by atoms with Gasteiger partial charge in [0.05, 0.1) is 6.54 Å². The molecule has 0 amide bonds. The van der Waals surface area contributed by atoms with Crippen molar-refractivity contribution < 1.29 is 0 Å². The number of allylic oxidation sites excluding steroid dienone is 2. The van der Waals surface area contributed by atoms with Crippen molar-refractivity contribution in [2.24, 2.45) is 24.8 Å². The standard InChI is InChI=1S/C12H18N4/c1-16-8-14-15-12(16)7-13-6-11-5-9-2-3-10(11)4-9/h2-3,8-11,13H,4-7H2,1H3. The Morgan fingerprint density at radius 2 is 2.38 bits per heavy atom. The highest BCUT2D eigenvalue weighted by molar-refractivity contribution is 5.10. The maximum atomic E-state index is 4.06. The van der Waals surface area contributed by atoms with Crippen molar-refractivity contribution >= 4 is 0 Å². The normalized spacial score (nSPS) is 31.4. The number of fused-ring (bicyclic) bond motifs is 2. The Bertz CT molecular complexity index is 395. The minimum Gasteiger partial charge on any atom is -0.320 e. The molecular weight excluding hydrogens is 200 g/mol. The number of nitrogens with one attached hydrogen (secondary N) is 1. The molecule has 1 saturated carbocycles. The summed E-state index contributed by atoms with van der Waals surface area (Å²) in [4.78, 5) is 0. The van der Waals surface area contributed by atoms with Crippen LogP contribution in [0.2, 0.25) is 0 Å². The summed E-state index contributed by atoms with van der Waals surface area (Å²) in [5.74, 6) is 3.55. The van der Waals surface area contributed by atoms with Crippen molar-refractivity contribution in [3.63, 3.8) is 0 Å². The van der Waals surface area contributed by atoms with Crippen LogP contribution in [0.15, 0.2) is 18.5 Å². The predicted molar refractivity (Wildman–Crippen MR) is 61.6 cm³/mol. The lowest BCUT2D eigenvalue weighted by atomic mass is 9.94. The van der Waals surface area contributed by atoms with E-state index in [1.54, 1.807) is 6.33 Å². The predicted octanol–water partition coefficient (Wildman–Crippen LogP) is 1.12. The monoisotopic (exact) mass is 218 g/mol. The van der Waals surface area contributed by atoms with E-state index in [-0.39, 0.29) is 0 Å². The first kappa shape index (κ1) is 10.0. The zero-order valence-corrected chi connectivity index (χ0v) is 9.63. The summed E-state index contributed by atoms with van der Waals surface area (Å²) in [6, 6.07) is 0. The Morgan fingerprint density at radius 3 is 3.00 bits per heavy atom. The van der Waals surface area contributed by atoms with E-state index in [1.807, 2.05) is 11.6 Å². The summed E-state index contributed by atoms with van der Waals surface area (Å²) in [5.41, 5.74) is 0. The van der Waals surface area contributed by atoms with Gasteiger partial charge in [-0.2, -0.15) is 0 Å². The third kappa shape index (κ3) is 1.78. The van der Waals surface area contributed by atoms with Gasteiger partial charge in [0.1, 0.15) is 12.2 Å². The molecule has 1 aromatic heterocycles. The third-order valence-electron chi connectivity index (χ3n) is 3.91. The van der Waals surface area contributed by atoms with E-state index in [1.165, 1.54) is 12.8 Å². The Hall–Kier alpha value is -1.16. The fraction of sp³-hybridized carbons (Fsp3) is 0.667. The van der Waals surface area contributed by atoms with Crippen LogP contribution >= 0.6 is 0 Å². The van der Waals surface area contributed by atoms with E-state index in [4.69, 9.17) is 0 Å². The molecule has 0 spiro atoms. The molecule has 2 bridgehead atoms. The molecule has 3 rings (SSSR count). The highest BCUT2D eigenvalue weighted by Crippen LogP contribution is 2.42. The van der Waals surface area contributed by atoms with Crippen LogP contribution in [0.5, 0.6) is 0 Å². The van der Waals surface area contributed by atoms with E-state index >= 15 is 0 Å². The van der Waals surface area contributed by atoms with Gasteiger partial charge in [0.2, 0.25) is 0 Å². The molecule has 86 valence electrons. The van der Waals surface area contributed by atoms with Gasteiger partial charge in [-0.25, -0.2) is 0 Å². The molecular formula is C12H18N4. The van der Waals surface area contributed by atoms with Crippen LogP contribution in [0.4, 0.5) is 0 Å². The maximum absolute atomic E-state index is 4.06. The molecule has 2 aliphatic rings. The zero-order chi connectivity index (χ0) is 11.0. The van der Waals surface area contributed by atoms with Gasteiger partial charge in [-0.3, -0.25) is 0 Å². The highest BCUT2D eigenvalue weighted by Gasteiger charge is 2.34. The van der Waals surface area contributed by atoms with Gasteiger partial charge in [-0.05, 0) is 37.1 Å². The van der Waals surface area contributed by atoms with Gasteiger partial charge in [0.25, 0.3) is 0 Å². The van der Waals surface area contributed by atoms with Crippen molar-refractivity contribution in [2.45, 2.75) is 19.4 Å². The van der Waals surface area contributed by atoms with Crippen LogP contribution in [-0.2, 0) is 13.6 Å².